The van der Waals surface area contributed by atoms with Gasteiger partial charge in [-0.1, -0.05) is 12.8 Å². The Morgan fingerprint density at radius 3 is 2.36 bits per heavy atom. The Hall–Kier alpha value is 0.270. The van der Waals surface area contributed by atoms with E-state index in [1.54, 1.807) is 0 Å². The lowest BCUT2D eigenvalue weighted by atomic mass is 10.2. The summed E-state index contributed by atoms with van der Waals surface area (Å²) < 4.78 is 0.352. The Morgan fingerprint density at radius 2 is 1.79 bits per heavy atom. The van der Waals surface area contributed by atoms with Crippen molar-refractivity contribution in [3.63, 3.8) is 0 Å². The summed E-state index contributed by atoms with van der Waals surface area (Å²) in [6.45, 7) is 7.05. The van der Waals surface area contributed by atoms with Gasteiger partial charge in [-0.2, -0.15) is 11.8 Å². The van der Waals surface area contributed by atoms with Gasteiger partial charge < -0.3 is 10.4 Å². The Balaban J connectivity index is 3.13. The molecule has 2 nitrogen and oxygen atoms in total. The second-order valence-corrected chi connectivity index (χ2v) is 5.79. The fourth-order valence-electron chi connectivity index (χ4n) is 1.18. The van der Waals surface area contributed by atoms with Crippen LogP contribution in [0.25, 0.3) is 0 Å². The molecule has 14 heavy (non-hydrogen) atoms. The van der Waals surface area contributed by atoms with E-state index in [4.69, 9.17) is 5.11 Å². The molecule has 2 N–H and O–H groups in total. The van der Waals surface area contributed by atoms with Crippen LogP contribution in [0.5, 0.6) is 0 Å². The van der Waals surface area contributed by atoms with Gasteiger partial charge >= 0.3 is 0 Å². The first-order valence-corrected chi connectivity index (χ1v) is 6.71. The van der Waals surface area contributed by atoms with Gasteiger partial charge in [0.15, 0.2) is 0 Å². The van der Waals surface area contributed by atoms with Crippen molar-refractivity contribution in [3.8, 4) is 0 Å². The maximum atomic E-state index is 8.59. The third-order valence-corrected chi connectivity index (χ3v) is 3.61. The highest BCUT2D eigenvalue weighted by Crippen LogP contribution is 2.19. The highest BCUT2D eigenvalue weighted by atomic mass is 32.2. The molecule has 0 aliphatic rings. The SMILES string of the molecule is CSC(C)(C)CNCCCCCCO. The van der Waals surface area contributed by atoms with E-state index in [2.05, 4.69) is 25.4 Å². The van der Waals surface area contributed by atoms with Gasteiger partial charge in [0.2, 0.25) is 0 Å². The molecule has 0 aromatic heterocycles. The van der Waals surface area contributed by atoms with Crippen LogP contribution in [0.4, 0.5) is 0 Å². The molecule has 0 rings (SSSR count). The van der Waals surface area contributed by atoms with E-state index in [1.165, 1.54) is 12.8 Å². The molecule has 0 aromatic carbocycles. The van der Waals surface area contributed by atoms with Crippen LogP contribution in [0.15, 0.2) is 0 Å². The van der Waals surface area contributed by atoms with Gasteiger partial charge in [0.25, 0.3) is 0 Å². The van der Waals surface area contributed by atoms with E-state index in [0.717, 1.165) is 25.9 Å². The predicted octanol–water partition coefficient (Wildman–Crippen LogP) is 2.27. The van der Waals surface area contributed by atoms with E-state index < -0.39 is 0 Å². The molecular formula is C11H25NOS. The first-order chi connectivity index (χ1) is 6.62. The van der Waals surface area contributed by atoms with E-state index in [1.807, 2.05) is 11.8 Å². The molecule has 0 fully saturated rings. The van der Waals surface area contributed by atoms with Crippen molar-refractivity contribution in [2.75, 3.05) is 26.0 Å². The van der Waals surface area contributed by atoms with Crippen LogP contribution in [0.1, 0.15) is 39.5 Å². The van der Waals surface area contributed by atoms with Crippen LogP contribution in [0.2, 0.25) is 0 Å². The highest BCUT2D eigenvalue weighted by molar-refractivity contribution is 7.99. The molecule has 0 saturated carbocycles. The van der Waals surface area contributed by atoms with Gasteiger partial charge in [0.1, 0.15) is 0 Å². The van der Waals surface area contributed by atoms with Crippen LogP contribution >= 0.6 is 11.8 Å². The molecule has 0 aromatic rings. The van der Waals surface area contributed by atoms with Gasteiger partial charge in [-0.25, -0.2) is 0 Å². The minimum Gasteiger partial charge on any atom is -0.396 e. The highest BCUT2D eigenvalue weighted by Gasteiger charge is 2.14. The standard InChI is InChI=1S/C11H25NOS/c1-11(2,14-3)10-12-8-6-4-5-7-9-13/h12-13H,4-10H2,1-3H3. The summed E-state index contributed by atoms with van der Waals surface area (Å²) in [5.74, 6) is 0. The molecule has 0 amide bonds. The Labute approximate surface area is 92.9 Å². The Morgan fingerprint density at radius 1 is 1.14 bits per heavy atom. The van der Waals surface area contributed by atoms with Gasteiger partial charge in [0.05, 0.1) is 0 Å². The second kappa shape index (κ2) is 8.57. The molecule has 0 saturated heterocycles. The lowest BCUT2D eigenvalue weighted by Gasteiger charge is -2.22. The Kier molecular flexibility index (Phi) is 8.73. The van der Waals surface area contributed by atoms with Crippen molar-refractivity contribution < 1.29 is 5.11 Å². The molecule has 0 spiro atoms. The zero-order valence-electron chi connectivity index (χ0n) is 9.81. The molecule has 3 heteroatoms. The zero-order chi connectivity index (χ0) is 10.9. The summed E-state index contributed by atoms with van der Waals surface area (Å²) in [4.78, 5) is 0. The number of aliphatic hydroxyl groups excluding tert-OH is 1. The van der Waals surface area contributed by atoms with Gasteiger partial charge in [-0.3, -0.25) is 0 Å². The van der Waals surface area contributed by atoms with Gasteiger partial charge in [0, 0.05) is 17.9 Å². The van der Waals surface area contributed by atoms with Gasteiger partial charge in [-0.15, -0.1) is 0 Å². The first kappa shape index (κ1) is 14.3. The maximum absolute atomic E-state index is 8.59. The molecule has 86 valence electrons. The van der Waals surface area contributed by atoms with Crippen molar-refractivity contribution in [2.24, 2.45) is 0 Å². The van der Waals surface area contributed by atoms with Crippen molar-refractivity contribution in [1.29, 1.82) is 0 Å². The number of aliphatic hydroxyl groups is 1. The van der Waals surface area contributed by atoms with Crippen LogP contribution in [0, 0.1) is 0 Å². The number of nitrogens with one attached hydrogen (secondary N) is 1. The summed E-state index contributed by atoms with van der Waals surface area (Å²) in [6, 6.07) is 0. The number of thioether (sulfide) groups is 1. The van der Waals surface area contributed by atoms with E-state index >= 15 is 0 Å². The molecule has 0 atom stereocenters. The minimum absolute atomic E-state index is 0.340. The second-order valence-electron chi connectivity index (χ2n) is 4.28. The first-order valence-electron chi connectivity index (χ1n) is 5.49. The lowest BCUT2D eigenvalue weighted by Crippen LogP contribution is -2.32. The van der Waals surface area contributed by atoms with Crippen LogP contribution in [0.3, 0.4) is 0 Å². The minimum atomic E-state index is 0.340. The quantitative estimate of drug-likeness (QED) is 0.584. The lowest BCUT2D eigenvalue weighted by molar-refractivity contribution is 0.282. The number of rotatable bonds is 9. The summed E-state index contributed by atoms with van der Waals surface area (Å²) in [5.41, 5.74) is 0. The molecule has 0 radical (unpaired) electrons. The van der Waals surface area contributed by atoms with Crippen LogP contribution in [-0.4, -0.2) is 35.8 Å². The van der Waals surface area contributed by atoms with Crippen LogP contribution in [-0.2, 0) is 0 Å². The average Bonchev–Trinajstić information content (AvgIpc) is 2.16. The normalized spacial score (nSPS) is 12.0. The largest absolute Gasteiger partial charge is 0.396 e. The van der Waals surface area contributed by atoms with Crippen molar-refractivity contribution >= 4 is 11.8 Å². The monoisotopic (exact) mass is 219 g/mol. The van der Waals surface area contributed by atoms with Crippen LogP contribution < -0.4 is 5.32 Å². The van der Waals surface area contributed by atoms with E-state index in [9.17, 15) is 0 Å². The summed E-state index contributed by atoms with van der Waals surface area (Å²) in [6.07, 6.45) is 6.72. The third-order valence-electron chi connectivity index (χ3n) is 2.36. The fourth-order valence-corrected chi connectivity index (χ4v) is 1.42. The summed E-state index contributed by atoms with van der Waals surface area (Å²) in [7, 11) is 0. The van der Waals surface area contributed by atoms with Gasteiger partial charge in [-0.05, 0) is 39.5 Å². The molecule has 0 bridgehead atoms. The zero-order valence-corrected chi connectivity index (χ0v) is 10.6. The van der Waals surface area contributed by atoms with Crippen molar-refractivity contribution in [1.82, 2.24) is 5.32 Å². The Bertz CT molecular complexity index is 128. The molecule has 0 unspecified atom stereocenters. The maximum Gasteiger partial charge on any atom is 0.0431 e. The molecule has 0 heterocycles. The number of hydrogen-bond acceptors (Lipinski definition) is 3. The van der Waals surface area contributed by atoms with Crippen molar-refractivity contribution in [2.45, 2.75) is 44.3 Å². The van der Waals surface area contributed by atoms with Crippen molar-refractivity contribution in [3.05, 3.63) is 0 Å². The molecule has 0 aliphatic carbocycles. The number of unbranched alkanes of at least 4 members (excludes halogenated alkanes) is 3. The predicted molar refractivity (Wildman–Crippen MR) is 66.0 cm³/mol. The topological polar surface area (TPSA) is 32.3 Å². The molecule has 0 aliphatic heterocycles. The summed E-state index contributed by atoms with van der Waals surface area (Å²) >= 11 is 1.90. The third kappa shape index (κ3) is 8.85. The summed E-state index contributed by atoms with van der Waals surface area (Å²) in [5, 5.41) is 12.1. The number of hydrogen-bond donors (Lipinski definition) is 2. The van der Waals surface area contributed by atoms with E-state index in [0.29, 0.717) is 11.4 Å². The van der Waals surface area contributed by atoms with E-state index in [-0.39, 0.29) is 0 Å². The smallest absolute Gasteiger partial charge is 0.0431 e. The average molecular weight is 219 g/mol. The fraction of sp³-hybridized carbons (Fsp3) is 1.00. The molecular weight excluding hydrogens is 194 g/mol.